The van der Waals surface area contributed by atoms with Crippen molar-refractivity contribution >= 4 is 23.3 Å². The number of rotatable bonds is 3. The first-order valence-corrected chi connectivity index (χ1v) is 8.67. The van der Waals surface area contributed by atoms with Gasteiger partial charge < -0.3 is 10.3 Å². The Morgan fingerprint density at radius 1 is 1.15 bits per heavy atom. The molecule has 0 atom stereocenters. The molecule has 4 rings (SSSR count). The Morgan fingerprint density at radius 2 is 2.00 bits per heavy atom. The van der Waals surface area contributed by atoms with Gasteiger partial charge >= 0.3 is 0 Å². The van der Waals surface area contributed by atoms with Crippen molar-refractivity contribution in [3.8, 4) is 22.5 Å². The third-order valence-electron chi connectivity index (χ3n) is 4.48. The summed E-state index contributed by atoms with van der Waals surface area (Å²) in [5, 5.41) is 3.34. The van der Waals surface area contributed by atoms with Crippen molar-refractivity contribution in [2.45, 2.75) is 13.3 Å². The minimum atomic E-state index is -0.0519. The van der Waals surface area contributed by atoms with E-state index in [4.69, 9.17) is 11.6 Å². The van der Waals surface area contributed by atoms with Crippen LogP contribution in [0.2, 0.25) is 5.02 Å². The van der Waals surface area contributed by atoms with E-state index in [0.717, 1.165) is 28.9 Å². The quantitative estimate of drug-likeness (QED) is 0.691. The van der Waals surface area contributed by atoms with Gasteiger partial charge in [0.05, 0.1) is 11.3 Å². The molecule has 0 fully saturated rings. The Morgan fingerprint density at radius 3 is 2.77 bits per heavy atom. The lowest BCUT2D eigenvalue weighted by atomic mass is 10.0. The zero-order valence-electron chi connectivity index (χ0n) is 14.1. The first-order valence-electron chi connectivity index (χ1n) is 8.29. The topological polar surface area (TPSA) is 74.8 Å². The zero-order valence-corrected chi connectivity index (χ0v) is 14.9. The minimum Gasteiger partial charge on any atom is -0.358 e. The van der Waals surface area contributed by atoms with Crippen LogP contribution < -0.4 is 5.32 Å². The molecule has 0 saturated heterocycles. The van der Waals surface area contributed by atoms with E-state index >= 15 is 0 Å². The summed E-state index contributed by atoms with van der Waals surface area (Å²) in [4.78, 5) is 31.4. The third kappa shape index (κ3) is 3.02. The molecule has 3 heterocycles. The molecular formula is C20H16ClN3O2. The van der Waals surface area contributed by atoms with E-state index in [1.54, 1.807) is 24.4 Å². The van der Waals surface area contributed by atoms with E-state index in [2.05, 4.69) is 15.3 Å². The molecule has 0 radical (unpaired) electrons. The van der Waals surface area contributed by atoms with Crippen molar-refractivity contribution in [2.75, 3.05) is 6.54 Å². The van der Waals surface area contributed by atoms with Crippen molar-refractivity contribution in [3.05, 3.63) is 64.4 Å². The summed E-state index contributed by atoms with van der Waals surface area (Å²) in [6.07, 6.45) is 2.49. The van der Waals surface area contributed by atoms with Crippen LogP contribution in [0.4, 0.5) is 0 Å². The summed E-state index contributed by atoms with van der Waals surface area (Å²) in [7, 11) is 0. The van der Waals surface area contributed by atoms with E-state index in [9.17, 15) is 9.59 Å². The van der Waals surface area contributed by atoms with Gasteiger partial charge in [0.25, 0.3) is 5.91 Å². The molecule has 2 N–H and O–H groups in total. The fourth-order valence-corrected chi connectivity index (χ4v) is 3.38. The van der Waals surface area contributed by atoms with Crippen molar-refractivity contribution in [1.29, 1.82) is 0 Å². The molecule has 130 valence electrons. The molecule has 1 amide bonds. The number of aromatic nitrogens is 2. The van der Waals surface area contributed by atoms with Crippen LogP contribution in [0.1, 0.15) is 33.3 Å². The number of carbonyl (C=O) groups excluding carboxylic acids is 2. The maximum Gasteiger partial charge on any atom is 0.253 e. The summed E-state index contributed by atoms with van der Waals surface area (Å²) in [6, 6.07) is 10.9. The molecule has 1 aliphatic rings. The first-order chi connectivity index (χ1) is 12.5. The number of halogens is 1. The number of hydrogen-bond donors (Lipinski definition) is 2. The van der Waals surface area contributed by atoms with Crippen LogP contribution in [0.3, 0.4) is 0 Å². The van der Waals surface area contributed by atoms with Gasteiger partial charge in [0.2, 0.25) is 0 Å². The number of fused-ring (bicyclic) bond motifs is 1. The maximum atomic E-state index is 12.0. The van der Waals surface area contributed by atoms with Crippen LogP contribution in [0.15, 0.2) is 42.6 Å². The predicted molar refractivity (Wildman–Crippen MR) is 101 cm³/mol. The van der Waals surface area contributed by atoms with Crippen molar-refractivity contribution in [3.63, 3.8) is 0 Å². The van der Waals surface area contributed by atoms with Gasteiger partial charge in [-0.05, 0) is 43.3 Å². The Balaban J connectivity index is 1.76. The van der Waals surface area contributed by atoms with E-state index in [1.807, 2.05) is 18.2 Å². The van der Waals surface area contributed by atoms with Gasteiger partial charge in [-0.1, -0.05) is 11.6 Å². The van der Waals surface area contributed by atoms with E-state index in [1.165, 1.54) is 6.92 Å². The van der Waals surface area contributed by atoms with Crippen molar-refractivity contribution in [2.24, 2.45) is 0 Å². The number of ketones is 1. The smallest absolute Gasteiger partial charge is 0.253 e. The van der Waals surface area contributed by atoms with Crippen LogP contribution in [0, 0.1) is 0 Å². The lowest BCUT2D eigenvalue weighted by Gasteiger charge is -2.11. The second-order valence-corrected chi connectivity index (χ2v) is 6.73. The number of Topliss-reactive ketones (excluding diaryl/α,β-unsaturated/α-hetero) is 1. The summed E-state index contributed by atoms with van der Waals surface area (Å²) < 4.78 is 0. The molecule has 0 bridgehead atoms. The normalized spacial score (nSPS) is 13.2. The summed E-state index contributed by atoms with van der Waals surface area (Å²) >= 11 is 6.15. The lowest BCUT2D eigenvalue weighted by molar-refractivity contribution is 0.0945. The van der Waals surface area contributed by atoms with Crippen molar-refractivity contribution < 1.29 is 9.59 Å². The highest BCUT2D eigenvalue weighted by atomic mass is 35.5. The third-order valence-corrected chi connectivity index (χ3v) is 4.69. The summed E-state index contributed by atoms with van der Waals surface area (Å²) in [5.41, 5.74) is 5.45. The summed E-state index contributed by atoms with van der Waals surface area (Å²) in [5.74, 6) is -0.100. The van der Waals surface area contributed by atoms with E-state index in [-0.39, 0.29) is 11.7 Å². The predicted octanol–water partition coefficient (Wildman–Crippen LogP) is 3.89. The van der Waals surface area contributed by atoms with Gasteiger partial charge in [-0.15, -0.1) is 0 Å². The zero-order chi connectivity index (χ0) is 18.3. The van der Waals surface area contributed by atoms with Gasteiger partial charge in [-0.3, -0.25) is 14.6 Å². The number of nitrogens with one attached hydrogen (secondary N) is 2. The molecule has 0 unspecified atom stereocenters. The number of benzene rings is 1. The SMILES string of the molecule is CC(=O)c1cc(Cl)cc(-c2cc(-c3cc4c([nH]3)CCNC4=O)ccn2)c1. The fraction of sp³-hybridized carbons (Fsp3) is 0.150. The second-order valence-electron chi connectivity index (χ2n) is 6.30. The number of hydrogen-bond acceptors (Lipinski definition) is 3. The molecule has 6 heteroatoms. The molecule has 2 aromatic heterocycles. The Bertz CT molecular complexity index is 1040. The molecule has 1 aliphatic heterocycles. The monoisotopic (exact) mass is 365 g/mol. The average Bonchev–Trinajstić information content (AvgIpc) is 3.07. The lowest BCUT2D eigenvalue weighted by Crippen LogP contribution is -2.31. The van der Waals surface area contributed by atoms with Gasteiger partial charge in [-0.25, -0.2) is 0 Å². The van der Waals surface area contributed by atoms with Crippen LogP contribution in [-0.4, -0.2) is 28.2 Å². The molecule has 1 aromatic carbocycles. The maximum absolute atomic E-state index is 12.0. The van der Waals surface area contributed by atoms with Crippen LogP contribution >= 0.6 is 11.6 Å². The Kier molecular flexibility index (Phi) is 4.09. The molecule has 3 aromatic rings. The summed E-state index contributed by atoms with van der Waals surface area (Å²) in [6.45, 7) is 2.15. The fourth-order valence-electron chi connectivity index (χ4n) is 3.15. The highest BCUT2D eigenvalue weighted by Crippen LogP contribution is 2.29. The second kappa shape index (κ2) is 6.42. The highest BCUT2D eigenvalue weighted by molar-refractivity contribution is 6.31. The average molecular weight is 366 g/mol. The molecular weight excluding hydrogens is 350 g/mol. The van der Waals surface area contributed by atoms with Gasteiger partial charge in [0.15, 0.2) is 5.78 Å². The number of aromatic amines is 1. The van der Waals surface area contributed by atoms with E-state index in [0.29, 0.717) is 28.4 Å². The molecule has 0 spiro atoms. The number of carbonyl (C=O) groups is 2. The number of nitrogens with zero attached hydrogens (tertiary/aromatic N) is 1. The van der Waals surface area contributed by atoms with Gasteiger partial charge in [0, 0.05) is 52.3 Å². The Hall–Kier alpha value is -2.92. The number of pyridine rings is 1. The molecule has 0 saturated carbocycles. The molecule has 0 aliphatic carbocycles. The standard InChI is InChI=1S/C20H16ClN3O2/c1-11(25)13-6-14(8-15(21)7-13)18-9-12(2-4-22-18)19-10-16-17(24-19)3-5-23-20(16)26/h2,4,6-10,24H,3,5H2,1H3,(H,23,26). The van der Waals surface area contributed by atoms with E-state index < -0.39 is 0 Å². The van der Waals surface area contributed by atoms with Gasteiger partial charge in [0.1, 0.15) is 0 Å². The van der Waals surface area contributed by atoms with Crippen LogP contribution in [0.5, 0.6) is 0 Å². The van der Waals surface area contributed by atoms with Gasteiger partial charge in [-0.2, -0.15) is 0 Å². The van der Waals surface area contributed by atoms with Crippen LogP contribution in [-0.2, 0) is 6.42 Å². The highest BCUT2D eigenvalue weighted by Gasteiger charge is 2.20. The molecule has 26 heavy (non-hydrogen) atoms. The molecule has 5 nitrogen and oxygen atoms in total. The van der Waals surface area contributed by atoms with Crippen molar-refractivity contribution in [1.82, 2.24) is 15.3 Å². The number of amides is 1. The largest absolute Gasteiger partial charge is 0.358 e. The van der Waals surface area contributed by atoms with Crippen LogP contribution in [0.25, 0.3) is 22.5 Å². The first kappa shape index (κ1) is 16.5. The number of H-pyrrole nitrogens is 1. The minimum absolute atomic E-state index is 0.0482. The Labute approximate surface area is 155 Å².